The van der Waals surface area contributed by atoms with E-state index in [0.717, 1.165) is 35.7 Å². The molecular formula is C23H24N4O4. The summed E-state index contributed by atoms with van der Waals surface area (Å²) in [6, 6.07) is 11.5. The third-order valence-electron chi connectivity index (χ3n) is 5.60. The van der Waals surface area contributed by atoms with Crippen LogP contribution >= 0.6 is 0 Å². The van der Waals surface area contributed by atoms with Crippen LogP contribution in [0.1, 0.15) is 22.9 Å². The number of carbonyl (C=O) groups is 1. The third kappa shape index (κ3) is 3.64. The van der Waals surface area contributed by atoms with Crippen molar-refractivity contribution < 1.29 is 19.1 Å². The van der Waals surface area contributed by atoms with Gasteiger partial charge in [-0.25, -0.2) is 15.2 Å². The molecule has 31 heavy (non-hydrogen) atoms. The van der Waals surface area contributed by atoms with Crippen LogP contribution in [0.4, 0.5) is 11.5 Å². The lowest BCUT2D eigenvalue weighted by Crippen LogP contribution is -2.38. The van der Waals surface area contributed by atoms with Gasteiger partial charge >= 0.3 is 5.97 Å². The van der Waals surface area contributed by atoms with Crippen LogP contribution in [0.25, 0.3) is 11.1 Å². The highest BCUT2D eigenvalue weighted by Gasteiger charge is 2.32. The zero-order valence-corrected chi connectivity index (χ0v) is 17.5. The predicted molar refractivity (Wildman–Crippen MR) is 117 cm³/mol. The number of morpholine rings is 1. The molecule has 5 rings (SSSR count). The largest absolute Gasteiger partial charge is 0.477 e. The summed E-state index contributed by atoms with van der Waals surface area (Å²) in [5.74, 6) is 0.259. The SMILES string of the molecule is Cc1cccc(C2C=C(C(=O)O)N(c3cc(N4CCOCC4)c4oc(C)cc4n3)N2)c1. The van der Waals surface area contributed by atoms with Gasteiger partial charge in [-0.2, -0.15) is 0 Å². The summed E-state index contributed by atoms with van der Waals surface area (Å²) in [6.07, 6.45) is 1.72. The third-order valence-corrected chi connectivity index (χ3v) is 5.60. The summed E-state index contributed by atoms with van der Waals surface area (Å²) in [4.78, 5) is 19.0. The molecule has 0 saturated carbocycles. The number of nitrogens with one attached hydrogen (secondary N) is 1. The Morgan fingerprint density at radius 1 is 1.19 bits per heavy atom. The molecule has 3 aromatic rings. The molecule has 2 aromatic heterocycles. The number of aromatic nitrogens is 1. The number of hydrogen-bond donors (Lipinski definition) is 2. The molecule has 0 radical (unpaired) electrons. The minimum Gasteiger partial charge on any atom is -0.477 e. The number of benzene rings is 1. The number of hydrogen-bond acceptors (Lipinski definition) is 7. The average Bonchev–Trinajstić information content (AvgIpc) is 3.37. The van der Waals surface area contributed by atoms with Crippen molar-refractivity contribution in [2.45, 2.75) is 19.9 Å². The van der Waals surface area contributed by atoms with Gasteiger partial charge in [0.15, 0.2) is 11.4 Å². The van der Waals surface area contributed by atoms with E-state index in [-0.39, 0.29) is 11.7 Å². The van der Waals surface area contributed by atoms with Crippen LogP contribution in [0, 0.1) is 13.8 Å². The van der Waals surface area contributed by atoms with Crippen LogP contribution in [0.3, 0.4) is 0 Å². The van der Waals surface area contributed by atoms with Crippen LogP contribution in [-0.4, -0.2) is 42.4 Å². The van der Waals surface area contributed by atoms with Crippen LogP contribution in [0.5, 0.6) is 0 Å². The van der Waals surface area contributed by atoms with E-state index in [1.807, 2.05) is 50.2 Å². The molecule has 1 saturated heterocycles. The number of carboxylic acids is 1. The molecular weight excluding hydrogens is 396 g/mol. The Bertz CT molecular complexity index is 1180. The maximum Gasteiger partial charge on any atom is 0.353 e. The highest BCUT2D eigenvalue weighted by molar-refractivity contribution is 5.94. The first-order valence-corrected chi connectivity index (χ1v) is 10.3. The average molecular weight is 420 g/mol. The number of fused-ring (bicyclic) bond motifs is 1. The highest BCUT2D eigenvalue weighted by Crippen LogP contribution is 2.35. The molecule has 8 nitrogen and oxygen atoms in total. The number of ether oxygens (including phenoxy) is 1. The molecule has 4 heterocycles. The van der Waals surface area contributed by atoms with E-state index in [9.17, 15) is 9.90 Å². The molecule has 0 bridgehead atoms. The molecule has 1 aromatic carbocycles. The van der Waals surface area contributed by atoms with Crippen molar-refractivity contribution >= 4 is 28.6 Å². The van der Waals surface area contributed by atoms with Gasteiger partial charge in [0.1, 0.15) is 17.0 Å². The Balaban J connectivity index is 1.57. The fourth-order valence-corrected chi connectivity index (χ4v) is 4.13. The maximum atomic E-state index is 12.1. The monoisotopic (exact) mass is 420 g/mol. The number of hydrazine groups is 1. The molecule has 1 unspecified atom stereocenters. The van der Waals surface area contributed by atoms with Crippen molar-refractivity contribution in [3.63, 3.8) is 0 Å². The number of aliphatic carboxylic acids is 1. The second-order valence-electron chi connectivity index (χ2n) is 7.88. The van der Waals surface area contributed by atoms with Crippen molar-refractivity contribution in [1.82, 2.24) is 10.4 Å². The molecule has 0 spiro atoms. The first-order valence-electron chi connectivity index (χ1n) is 10.3. The van der Waals surface area contributed by atoms with Crippen molar-refractivity contribution in [3.05, 3.63) is 65.1 Å². The van der Waals surface area contributed by atoms with Crippen molar-refractivity contribution in [2.75, 3.05) is 36.2 Å². The van der Waals surface area contributed by atoms with E-state index in [2.05, 4.69) is 10.3 Å². The van der Waals surface area contributed by atoms with Crippen molar-refractivity contribution in [3.8, 4) is 0 Å². The highest BCUT2D eigenvalue weighted by atomic mass is 16.5. The summed E-state index contributed by atoms with van der Waals surface area (Å²) in [5.41, 5.74) is 7.86. The Morgan fingerprint density at radius 3 is 2.74 bits per heavy atom. The number of furan rings is 1. The van der Waals surface area contributed by atoms with Gasteiger partial charge in [-0.3, -0.25) is 5.01 Å². The van der Waals surface area contributed by atoms with Crippen LogP contribution < -0.4 is 15.3 Å². The lowest BCUT2D eigenvalue weighted by molar-refractivity contribution is -0.132. The van der Waals surface area contributed by atoms with E-state index >= 15 is 0 Å². The van der Waals surface area contributed by atoms with Gasteiger partial charge in [-0.1, -0.05) is 29.8 Å². The molecule has 2 N–H and O–H groups in total. The number of pyridine rings is 1. The van der Waals surface area contributed by atoms with Crippen LogP contribution in [0.15, 0.2) is 52.6 Å². The first kappa shape index (κ1) is 19.6. The predicted octanol–water partition coefficient (Wildman–Crippen LogP) is 3.32. The number of nitrogens with zero attached hydrogens (tertiary/aromatic N) is 3. The Labute approximate surface area is 179 Å². The zero-order valence-electron chi connectivity index (χ0n) is 17.5. The second kappa shape index (κ2) is 7.72. The minimum absolute atomic E-state index is 0.145. The van der Waals surface area contributed by atoms with Gasteiger partial charge in [-0.15, -0.1) is 0 Å². The molecule has 0 aliphatic carbocycles. The molecule has 8 heteroatoms. The smallest absolute Gasteiger partial charge is 0.353 e. The van der Waals surface area contributed by atoms with Gasteiger partial charge in [0.25, 0.3) is 0 Å². The summed E-state index contributed by atoms with van der Waals surface area (Å²) >= 11 is 0. The van der Waals surface area contributed by atoms with Gasteiger partial charge < -0.3 is 19.2 Å². The van der Waals surface area contributed by atoms with Crippen LogP contribution in [-0.2, 0) is 9.53 Å². The number of aryl methyl sites for hydroxylation is 2. The fourth-order valence-electron chi connectivity index (χ4n) is 4.13. The molecule has 1 fully saturated rings. The Kier molecular flexibility index (Phi) is 4.88. The Morgan fingerprint density at radius 2 is 2.00 bits per heavy atom. The lowest BCUT2D eigenvalue weighted by atomic mass is 10.0. The quantitative estimate of drug-likeness (QED) is 0.664. The van der Waals surface area contributed by atoms with E-state index < -0.39 is 5.97 Å². The maximum absolute atomic E-state index is 12.1. The number of carboxylic acid groups (broad SMARTS) is 1. The van der Waals surface area contributed by atoms with Crippen LogP contribution in [0.2, 0.25) is 0 Å². The lowest BCUT2D eigenvalue weighted by Gasteiger charge is -2.30. The van der Waals surface area contributed by atoms with E-state index in [4.69, 9.17) is 14.1 Å². The van der Waals surface area contributed by atoms with E-state index in [1.165, 1.54) is 0 Å². The molecule has 2 aliphatic rings. The standard InChI is InChI=1S/C23H24N4O4/c1-14-4-3-5-16(10-14)17-12-20(23(28)29)27(25-17)21-13-19(26-6-8-30-9-7-26)22-18(24-21)11-15(2)31-22/h3-5,10-13,17,25H,6-9H2,1-2H3,(H,28,29). The molecule has 160 valence electrons. The van der Waals surface area contributed by atoms with Crippen molar-refractivity contribution in [2.24, 2.45) is 0 Å². The van der Waals surface area contributed by atoms with Gasteiger partial charge in [0.2, 0.25) is 0 Å². The summed E-state index contributed by atoms with van der Waals surface area (Å²) in [7, 11) is 0. The summed E-state index contributed by atoms with van der Waals surface area (Å²) in [6.45, 7) is 6.64. The summed E-state index contributed by atoms with van der Waals surface area (Å²) < 4.78 is 11.4. The molecule has 2 aliphatic heterocycles. The van der Waals surface area contributed by atoms with Crippen molar-refractivity contribution in [1.29, 1.82) is 0 Å². The minimum atomic E-state index is -1.01. The van der Waals surface area contributed by atoms with Gasteiger partial charge in [0, 0.05) is 25.2 Å². The Hall–Kier alpha value is -3.36. The van der Waals surface area contributed by atoms with Gasteiger partial charge in [0.05, 0.1) is 24.9 Å². The molecule has 1 atom stereocenters. The van der Waals surface area contributed by atoms with Gasteiger partial charge in [-0.05, 0) is 25.5 Å². The zero-order chi connectivity index (χ0) is 21.5. The fraction of sp³-hybridized carbons (Fsp3) is 0.304. The summed E-state index contributed by atoms with van der Waals surface area (Å²) in [5, 5.41) is 11.4. The number of rotatable bonds is 4. The number of anilines is 2. The van der Waals surface area contributed by atoms with E-state index in [1.54, 1.807) is 11.1 Å². The normalized spacial score (nSPS) is 19.2. The second-order valence-corrected chi connectivity index (χ2v) is 7.88. The van der Waals surface area contributed by atoms with E-state index in [0.29, 0.717) is 30.1 Å². The molecule has 0 amide bonds. The topological polar surface area (TPSA) is 91.1 Å². The first-order chi connectivity index (χ1) is 15.0.